The summed E-state index contributed by atoms with van der Waals surface area (Å²) < 4.78 is 48.5. The molecular weight excluding hydrogens is 401 g/mol. The Morgan fingerprint density at radius 3 is 2.41 bits per heavy atom. The lowest BCUT2D eigenvalue weighted by atomic mass is 10.1. The van der Waals surface area contributed by atoms with Crippen LogP contribution in [0.4, 0.5) is 4.39 Å². The van der Waals surface area contributed by atoms with Crippen molar-refractivity contribution in [1.29, 1.82) is 0 Å². The maximum absolute atomic E-state index is 14.2. The van der Waals surface area contributed by atoms with Gasteiger partial charge in [-0.25, -0.2) is 27.4 Å². The van der Waals surface area contributed by atoms with E-state index in [2.05, 4.69) is 5.10 Å². The molecule has 0 fully saturated rings. The lowest BCUT2D eigenvalue weighted by Crippen LogP contribution is -2.12. The highest BCUT2D eigenvalue weighted by Crippen LogP contribution is 2.28. The molecule has 0 saturated heterocycles. The molecule has 0 amide bonds. The number of methoxy groups -OCH3 is 1. The monoisotopic (exact) mass is 419 g/mol. The van der Waals surface area contributed by atoms with Gasteiger partial charge < -0.3 is 9.47 Å². The fraction of sp³-hybridized carbons (Fsp3) is 0.158. The summed E-state index contributed by atoms with van der Waals surface area (Å²) in [7, 11) is -2.50. The zero-order valence-corrected chi connectivity index (χ0v) is 16.4. The quantitative estimate of drug-likeness (QED) is 0.614. The standard InChI is InChI=1S/C19H18FN3O5S/c1-3-28-19(24)16-11-17(12-4-9-18(27-2)15(20)10-12)23(22-16)13-5-7-14(8-6-13)29(21,25)26/h4-11H,3H2,1-2H3,(H2,21,25,26). The van der Waals surface area contributed by atoms with Gasteiger partial charge in [-0.05, 0) is 55.5 Å². The summed E-state index contributed by atoms with van der Waals surface area (Å²) in [5, 5.41) is 9.37. The largest absolute Gasteiger partial charge is 0.494 e. The molecule has 2 aromatic carbocycles. The van der Waals surface area contributed by atoms with Gasteiger partial charge in [-0.2, -0.15) is 5.10 Å². The highest BCUT2D eigenvalue weighted by molar-refractivity contribution is 7.89. The number of nitrogens with zero attached hydrogens (tertiary/aromatic N) is 2. The first-order valence-corrected chi connectivity index (χ1v) is 10.0. The summed E-state index contributed by atoms with van der Waals surface area (Å²) in [6.07, 6.45) is 0. The highest BCUT2D eigenvalue weighted by atomic mass is 32.2. The molecule has 0 unspecified atom stereocenters. The molecule has 8 nitrogen and oxygen atoms in total. The average Bonchev–Trinajstić information content (AvgIpc) is 3.13. The Balaban J connectivity index is 2.14. The van der Waals surface area contributed by atoms with E-state index >= 15 is 0 Å². The van der Waals surface area contributed by atoms with Crippen molar-refractivity contribution in [2.45, 2.75) is 11.8 Å². The molecule has 0 aliphatic rings. The number of primary sulfonamides is 1. The van der Waals surface area contributed by atoms with E-state index in [1.54, 1.807) is 13.0 Å². The number of ether oxygens (including phenoxy) is 2. The van der Waals surface area contributed by atoms with Crippen molar-refractivity contribution in [3.05, 3.63) is 60.0 Å². The molecule has 3 rings (SSSR count). The Hall–Kier alpha value is -3.24. The summed E-state index contributed by atoms with van der Waals surface area (Å²) in [6.45, 7) is 1.84. The maximum atomic E-state index is 14.2. The number of nitrogens with two attached hydrogens (primary N) is 1. The number of carbonyl (C=O) groups is 1. The van der Waals surface area contributed by atoms with E-state index in [1.165, 1.54) is 54.3 Å². The number of halogens is 1. The summed E-state index contributed by atoms with van der Waals surface area (Å²) in [4.78, 5) is 12.1. The molecule has 0 radical (unpaired) electrons. The van der Waals surface area contributed by atoms with Crippen molar-refractivity contribution in [2.75, 3.05) is 13.7 Å². The van der Waals surface area contributed by atoms with Crippen molar-refractivity contribution in [3.8, 4) is 22.7 Å². The predicted octanol–water partition coefficient (Wildman–Crippen LogP) is 2.51. The first kappa shape index (κ1) is 20.5. The van der Waals surface area contributed by atoms with Crippen molar-refractivity contribution in [2.24, 2.45) is 5.14 Å². The minimum absolute atomic E-state index is 0.0219. The van der Waals surface area contributed by atoms with E-state index in [0.717, 1.165) is 0 Å². The van der Waals surface area contributed by atoms with E-state index in [1.807, 2.05) is 0 Å². The van der Waals surface area contributed by atoms with Crippen LogP contribution in [0, 0.1) is 5.82 Å². The van der Waals surface area contributed by atoms with Crippen LogP contribution in [0.5, 0.6) is 5.75 Å². The molecule has 29 heavy (non-hydrogen) atoms. The number of hydrogen-bond acceptors (Lipinski definition) is 6. The van der Waals surface area contributed by atoms with E-state index in [9.17, 15) is 17.6 Å². The van der Waals surface area contributed by atoms with Gasteiger partial charge in [-0.3, -0.25) is 0 Å². The summed E-state index contributed by atoms with van der Waals surface area (Å²) in [6, 6.07) is 11.4. The van der Waals surface area contributed by atoms with Crippen LogP contribution < -0.4 is 9.88 Å². The van der Waals surface area contributed by atoms with Crippen LogP contribution in [-0.4, -0.2) is 37.9 Å². The maximum Gasteiger partial charge on any atom is 0.358 e. The Morgan fingerprint density at radius 1 is 1.17 bits per heavy atom. The third-order valence-electron chi connectivity index (χ3n) is 4.05. The summed E-state index contributed by atoms with van der Waals surface area (Å²) >= 11 is 0. The number of rotatable bonds is 6. The van der Waals surface area contributed by atoms with E-state index in [0.29, 0.717) is 16.9 Å². The van der Waals surface area contributed by atoms with Gasteiger partial charge in [-0.1, -0.05) is 0 Å². The third-order valence-corrected chi connectivity index (χ3v) is 4.98. The predicted molar refractivity (Wildman–Crippen MR) is 103 cm³/mol. The topological polar surface area (TPSA) is 114 Å². The molecule has 1 aromatic heterocycles. The third kappa shape index (κ3) is 4.28. The first-order valence-electron chi connectivity index (χ1n) is 8.49. The van der Waals surface area contributed by atoms with Gasteiger partial charge in [0.15, 0.2) is 17.3 Å². The molecule has 152 valence electrons. The summed E-state index contributed by atoms with van der Waals surface area (Å²) in [5.74, 6) is -1.15. The lowest BCUT2D eigenvalue weighted by molar-refractivity contribution is 0.0519. The Bertz CT molecular complexity index is 1160. The Labute approximate surface area is 166 Å². The lowest BCUT2D eigenvalue weighted by Gasteiger charge is -2.09. The zero-order valence-electron chi connectivity index (χ0n) is 15.6. The molecular formula is C19H18FN3O5S. The number of benzene rings is 2. The molecule has 10 heteroatoms. The van der Waals surface area contributed by atoms with Gasteiger partial charge in [0.05, 0.1) is 30.0 Å². The van der Waals surface area contributed by atoms with Gasteiger partial charge >= 0.3 is 5.97 Å². The summed E-state index contributed by atoms with van der Waals surface area (Å²) in [5.41, 5.74) is 1.30. The smallest absolute Gasteiger partial charge is 0.358 e. The van der Waals surface area contributed by atoms with Crippen LogP contribution in [0.2, 0.25) is 0 Å². The van der Waals surface area contributed by atoms with E-state index < -0.39 is 21.8 Å². The van der Waals surface area contributed by atoms with Crippen molar-refractivity contribution >= 4 is 16.0 Å². The van der Waals surface area contributed by atoms with Gasteiger partial charge in [0.1, 0.15) is 0 Å². The highest BCUT2D eigenvalue weighted by Gasteiger charge is 2.19. The fourth-order valence-electron chi connectivity index (χ4n) is 2.69. The van der Waals surface area contributed by atoms with Gasteiger partial charge in [0.2, 0.25) is 10.0 Å². The van der Waals surface area contributed by atoms with Crippen LogP contribution in [-0.2, 0) is 14.8 Å². The second kappa shape index (κ2) is 8.02. The second-order valence-electron chi connectivity index (χ2n) is 5.94. The van der Waals surface area contributed by atoms with Crippen LogP contribution in [0.15, 0.2) is 53.4 Å². The van der Waals surface area contributed by atoms with Gasteiger partial charge in [0.25, 0.3) is 0 Å². The first-order chi connectivity index (χ1) is 13.7. The average molecular weight is 419 g/mol. The molecule has 0 aliphatic carbocycles. The second-order valence-corrected chi connectivity index (χ2v) is 7.50. The van der Waals surface area contributed by atoms with Gasteiger partial charge in [0, 0.05) is 5.56 Å². The van der Waals surface area contributed by atoms with Crippen LogP contribution in [0.25, 0.3) is 16.9 Å². The number of esters is 1. The number of carbonyl (C=O) groups excluding carboxylic acids is 1. The van der Waals surface area contributed by atoms with Crippen LogP contribution >= 0.6 is 0 Å². The molecule has 2 N–H and O–H groups in total. The van der Waals surface area contributed by atoms with Crippen molar-refractivity contribution in [1.82, 2.24) is 9.78 Å². The van der Waals surface area contributed by atoms with E-state index in [4.69, 9.17) is 14.6 Å². The number of sulfonamides is 1. The molecule has 0 bridgehead atoms. The fourth-order valence-corrected chi connectivity index (χ4v) is 3.21. The molecule has 0 saturated carbocycles. The van der Waals surface area contributed by atoms with Crippen LogP contribution in [0.1, 0.15) is 17.4 Å². The van der Waals surface area contributed by atoms with Crippen LogP contribution in [0.3, 0.4) is 0 Å². The number of hydrogen-bond donors (Lipinski definition) is 1. The Morgan fingerprint density at radius 2 is 1.86 bits per heavy atom. The molecule has 3 aromatic rings. The molecule has 0 atom stereocenters. The normalized spacial score (nSPS) is 11.3. The van der Waals surface area contributed by atoms with Gasteiger partial charge in [-0.15, -0.1) is 0 Å². The van der Waals surface area contributed by atoms with E-state index in [-0.39, 0.29) is 22.9 Å². The Kier molecular flexibility index (Phi) is 5.66. The minimum Gasteiger partial charge on any atom is -0.494 e. The van der Waals surface area contributed by atoms with Crippen molar-refractivity contribution in [3.63, 3.8) is 0 Å². The molecule has 1 heterocycles. The zero-order chi connectivity index (χ0) is 21.2. The number of aromatic nitrogens is 2. The molecule has 0 spiro atoms. The van der Waals surface area contributed by atoms with Crippen molar-refractivity contribution < 1.29 is 27.1 Å². The SMILES string of the molecule is CCOC(=O)c1cc(-c2ccc(OC)c(F)c2)n(-c2ccc(S(N)(=O)=O)cc2)n1. The molecule has 0 aliphatic heterocycles. The minimum atomic E-state index is -3.86.